The number of nitrogens with two attached hydrogens (primary N) is 1. The molecule has 11 heteroatoms. The van der Waals surface area contributed by atoms with Crippen LogP contribution in [0, 0.1) is 15.9 Å². The highest BCUT2D eigenvalue weighted by atomic mass is 35.5. The van der Waals surface area contributed by atoms with Crippen LogP contribution < -0.4 is 5.73 Å². The van der Waals surface area contributed by atoms with Crippen molar-refractivity contribution in [2.45, 2.75) is 31.3 Å². The molecule has 2 aliphatic rings. The molecule has 0 bridgehead atoms. The summed E-state index contributed by atoms with van der Waals surface area (Å²) in [5.41, 5.74) is 5.96. The first-order valence-corrected chi connectivity index (χ1v) is 10.8. The molecule has 34 heavy (non-hydrogen) atoms. The number of para-hydroxylation sites is 1. The van der Waals surface area contributed by atoms with Crippen molar-refractivity contribution in [3.63, 3.8) is 0 Å². The second-order valence-corrected chi connectivity index (χ2v) is 8.40. The lowest BCUT2D eigenvalue weighted by molar-refractivity contribution is -0.385. The Morgan fingerprint density at radius 2 is 1.97 bits per heavy atom. The Hall–Kier alpha value is -3.79. The number of nitro benzene ring substituents is 1. The molecule has 2 heterocycles. The van der Waals surface area contributed by atoms with E-state index in [0.717, 1.165) is 0 Å². The number of nitrogen functional groups attached to an aromatic ring is 1. The fourth-order valence-corrected chi connectivity index (χ4v) is 4.59. The van der Waals surface area contributed by atoms with Crippen LogP contribution in [0.2, 0.25) is 5.02 Å². The van der Waals surface area contributed by atoms with Gasteiger partial charge in [-0.05, 0) is 43.0 Å². The van der Waals surface area contributed by atoms with Crippen LogP contribution in [0.3, 0.4) is 0 Å². The number of nitrogens with zero attached hydrogens (tertiary/aromatic N) is 2. The summed E-state index contributed by atoms with van der Waals surface area (Å²) in [4.78, 5) is 49.7. The summed E-state index contributed by atoms with van der Waals surface area (Å²) in [5.74, 6) is -2.73. The minimum atomic E-state index is -0.921. The van der Waals surface area contributed by atoms with Crippen molar-refractivity contribution in [1.82, 2.24) is 4.90 Å². The third-order valence-electron chi connectivity index (χ3n) is 5.98. The van der Waals surface area contributed by atoms with Gasteiger partial charge in [-0.25, -0.2) is 9.18 Å². The lowest BCUT2D eigenvalue weighted by Gasteiger charge is -2.33. The standard InChI is InChI=1S/C23H19ClFN3O6/c24-15-6-7-16(26)21(22(15)25)12-9-13-5-8-18(27(13)20(30)10-12)23(31)34-11-19(29)14-3-1-2-4-17(14)28(32)33/h1-4,6-7,10,13,18H,5,8-9,11,26H2/t13?,18-/m0/s1. The first-order chi connectivity index (χ1) is 16.2. The van der Waals surface area contributed by atoms with Crippen molar-refractivity contribution < 1.29 is 28.4 Å². The maximum Gasteiger partial charge on any atom is 0.329 e. The number of amides is 1. The molecule has 2 atom stereocenters. The van der Waals surface area contributed by atoms with Crippen LogP contribution in [-0.4, -0.2) is 46.2 Å². The van der Waals surface area contributed by atoms with Gasteiger partial charge in [-0.2, -0.15) is 0 Å². The second kappa shape index (κ2) is 9.22. The highest BCUT2D eigenvalue weighted by Crippen LogP contribution is 2.40. The van der Waals surface area contributed by atoms with Gasteiger partial charge >= 0.3 is 5.97 Å². The zero-order valence-electron chi connectivity index (χ0n) is 17.7. The second-order valence-electron chi connectivity index (χ2n) is 8.00. The van der Waals surface area contributed by atoms with Gasteiger partial charge < -0.3 is 15.4 Å². The largest absolute Gasteiger partial charge is 0.456 e. The van der Waals surface area contributed by atoms with Crippen LogP contribution in [0.1, 0.15) is 35.2 Å². The zero-order chi connectivity index (χ0) is 24.6. The summed E-state index contributed by atoms with van der Waals surface area (Å²) in [7, 11) is 0. The van der Waals surface area contributed by atoms with Crippen molar-refractivity contribution in [3.8, 4) is 0 Å². The van der Waals surface area contributed by atoms with E-state index in [1.54, 1.807) is 0 Å². The third-order valence-corrected chi connectivity index (χ3v) is 6.27. The van der Waals surface area contributed by atoms with Crippen LogP contribution >= 0.6 is 11.6 Å². The molecule has 2 aliphatic heterocycles. The fourth-order valence-electron chi connectivity index (χ4n) is 4.43. The maximum atomic E-state index is 14.6. The van der Waals surface area contributed by atoms with Crippen LogP contribution in [0.25, 0.3) is 5.57 Å². The number of anilines is 1. The molecule has 9 nitrogen and oxygen atoms in total. The van der Waals surface area contributed by atoms with Gasteiger partial charge in [0, 0.05) is 29.4 Å². The lowest BCUT2D eigenvalue weighted by atomic mass is 9.92. The van der Waals surface area contributed by atoms with Gasteiger partial charge in [-0.1, -0.05) is 23.7 Å². The number of carbonyl (C=O) groups is 3. The van der Waals surface area contributed by atoms with Crippen molar-refractivity contribution in [2.75, 3.05) is 12.3 Å². The Morgan fingerprint density at radius 3 is 2.71 bits per heavy atom. The number of fused-ring (bicyclic) bond motifs is 1. The molecule has 0 aromatic heterocycles. The Labute approximate surface area is 198 Å². The monoisotopic (exact) mass is 487 g/mol. The quantitative estimate of drug-likeness (QED) is 0.216. The van der Waals surface area contributed by atoms with E-state index < -0.39 is 41.0 Å². The highest BCUT2D eigenvalue weighted by Gasteiger charge is 2.44. The summed E-state index contributed by atoms with van der Waals surface area (Å²) in [6, 6.07) is 6.84. The van der Waals surface area contributed by atoms with E-state index in [1.807, 2.05) is 0 Å². The molecular weight excluding hydrogens is 469 g/mol. The molecule has 0 spiro atoms. The van der Waals surface area contributed by atoms with Crippen LogP contribution in [0.5, 0.6) is 0 Å². The number of carbonyl (C=O) groups excluding carboxylic acids is 3. The number of esters is 1. The van der Waals surface area contributed by atoms with E-state index in [2.05, 4.69) is 0 Å². The smallest absolute Gasteiger partial charge is 0.329 e. The Morgan fingerprint density at radius 1 is 1.24 bits per heavy atom. The Balaban J connectivity index is 1.47. The molecule has 2 aromatic rings. The van der Waals surface area contributed by atoms with E-state index in [0.29, 0.717) is 18.4 Å². The molecule has 0 aliphatic carbocycles. The number of rotatable bonds is 6. The Bertz CT molecular complexity index is 1250. The van der Waals surface area contributed by atoms with Gasteiger partial charge in [0.05, 0.1) is 15.5 Å². The van der Waals surface area contributed by atoms with Crippen LogP contribution in [-0.2, 0) is 14.3 Å². The fraction of sp³-hybridized carbons (Fsp3) is 0.261. The van der Waals surface area contributed by atoms with Crippen molar-refractivity contribution in [2.24, 2.45) is 0 Å². The van der Waals surface area contributed by atoms with E-state index in [4.69, 9.17) is 22.1 Å². The minimum absolute atomic E-state index is 0.0709. The van der Waals surface area contributed by atoms with Crippen LogP contribution in [0.15, 0.2) is 42.5 Å². The molecule has 1 amide bonds. The molecule has 1 saturated heterocycles. The summed E-state index contributed by atoms with van der Waals surface area (Å²) in [6.07, 6.45) is 2.25. The number of nitro groups is 1. The number of ether oxygens (including phenoxy) is 1. The average Bonchev–Trinajstić information content (AvgIpc) is 3.25. The van der Waals surface area contributed by atoms with E-state index >= 15 is 0 Å². The van der Waals surface area contributed by atoms with Crippen molar-refractivity contribution in [3.05, 3.63) is 74.6 Å². The van der Waals surface area contributed by atoms with Crippen LogP contribution in [0.4, 0.5) is 15.8 Å². The molecule has 0 saturated carbocycles. The van der Waals surface area contributed by atoms with Gasteiger partial charge in [-0.3, -0.25) is 19.7 Å². The van der Waals surface area contributed by atoms with Gasteiger partial charge in [0.25, 0.3) is 5.69 Å². The SMILES string of the molecule is Nc1ccc(Cl)c(F)c1C1=CC(=O)N2C(CC[C@H]2C(=O)OCC(=O)c2ccccc2[N+](=O)[O-])C1. The molecular formula is C23H19ClFN3O6. The van der Waals surface area contributed by atoms with Gasteiger partial charge in [-0.15, -0.1) is 0 Å². The van der Waals surface area contributed by atoms with E-state index in [1.165, 1.54) is 47.4 Å². The summed E-state index contributed by atoms with van der Waals surface area (Å²) in [6.45, 7) is -0.696. The molecule has 176 valence electrons. The number of ketones is 1. The number of Topliss-reactive ketones (excluding diaryl/α,β-unsaturated/α-hetero) is 1. The number of halogens is 2. The average molecular weight is 488 g/mol. The normalized spacial score (nSPS) is 19.4. The number of hydrogen-bond acceptors (Lipinski definition) is 7. The third kappa shape index (κ3) is 4.24. The first kappa shape index (κ1) is 23.4. The Kier molecular flexibility index (Phi) is 6.34. The molecule has 2 aromatic carbocycles. The molecule has 0 radical (unpaired) electrons. The molecule has 1 unspecified atom stereocenters. The maximum absolute atomic E-state index is 14.6. The van der Waals surface area contributed by atoms with Gasteiger partial charge in [0.15, 0.2) is 12.4 Å². The van der Waals surface area contributed by atoms with Crippen molar-refractivity contribution >= 4 is 46.2 Å². The highest BCUT2D eigenvalue weighted by molar-refractivity contribution is 6.31. The lowest BCUT2D eigenvalue weighted by Crippen LogP contribution is -2.47. The molecule has 1 fully saturated rings. The molecule has 2 N–H and O–H groups in total. The van der Waals surface area contributed by atoms with Gasteiger partial charge in [0.1, 0.15) is 6.04 Å². The van der Waals surface area contributed by atoms with Gasteiger partial charge in [0.2, 0.25) is 11.7 Å². The number of hydrogen-bond donors (Lipinski definition) is 1. The van der Waals surface area contributed by atoms with Crippen molar-refractivity contribution in [1.29, 1.82) is 0 Å². The van der Waals surface area contributed by atoms with E-state index in [9.17, 15) is 28.9 Å². The predicted molar refractivity (Wildman–Crippen MR) is 120 cm³/mol. The predicted octanol–water partition coefficient (Wildman–Crippen LogP) is 3.54. The zero-order valence-corrected chi connectivity index (χ0v) is 18.5. The molecule has 4 rings (SSSR count). The number of benzene rings is 2. The minimum Gasteiger partial charge on any atom is -0.456 e. The summed E-state index contributed by atoms with van der Waals surface area (Å²) < 4.78 is 19.7. The first-order valence-electron chi connectivity index (χ1n) is 10.4. The summed E-state index contributed by atoms with van der Waals surface area (Å²) in [5, 5.41) is 11.0. The van der Waals surface area contributed by atoms with E-state index in [-0.39, 0.29) is 40.0 Å². The summed E-state index contributed by atoms with van der Waals surface area (Å²) >= 11 is 5.87. The topological polar surface area (TPSA) is 133 Å².